The lowest BCUT2D eigenvalue weighted by molar-refractivity contribution is -0.160. The van der Waals surface area contributed by atoms with Gasteiger partial charge >= 0.3 is 5.97 Å². The number of anilines is 1. The number of ether oxygens (including phenoxy) is 3. The molecular formula is C25H29IN4O4. The lowest BCUT2D eigenvalue weighted by Gasteiger charge is -2.51. The van der Waals surface area contributed by atoms with Crippen LogP contribution in [-0.2, 0) is 21.5 Å². The van der Waals surface area contributed by atoms with Crippen molar-refractivity contribution in [3.05, 3.63) is 45.7 Å². The molecule has 34 heavy (non-hydrogen) atoms. The predicted molar refractivity (Wildman–Crippen MR) is 136 cm³/mol. The number of nitrogens with zero attached hydrogens (tertiary/aromatic N) is 3. The molecular weight excluding hydrogens is 547 g/mol. The quantitative estimate of drug-likeness (QED) is 0.322. The van der Waals surface area contributed by atoms with E-state index in [9.17, 15) is 4.79 Å². The van der Waals surface area contributed by atoms with Crippen LogP contribution in [0.4, 0.5) is 5.82 Å². The first-order chi connectivity index (χ1) is 16.4. The number of hydrogen-bond donors (Lipinski definition) is 1. The largest absolute Gasteiger partial charge is 0.497 e. The molecule has 180 valence electrons. The molecule has 2 heterocycles. The summed E-state index contributed by atoms with van der Waals surface area (Å²) in [5.74, 6) is 3.34. The molecule has 2 aromatic heterocycles. The van der Waals surface area contributed by atoms with E-state index in [4.69, 9.17) is 19.2 Å². The lowest BCUT2D eigenvalue weighted by atomic mass is 9.53. The van der Waals surface area contributed by atoms with E-state index in [0.29, 0.717) is 6.54 Å². The molecule has 0 aliphatic heterocycles. The molecule has 0 radical (unpaired) electrons. The van der Waals surface area contributed by atoms with Crippen LogP contribution in [0.3, 0.4) is 0 Å². The number of rotatable bonds is 7. The minimum absolute atomic E-state index is 0.0140. The number of benzene rings is 1. The first-order valence-corrected chi connectivity index (χ1v) is 12.6. The second-order valence-corrected chi connectivity index (χ2v) is 10.3. The molecule has 3 aromatic rings. The molecule has 1 N–H and O–H groups in total. The Labute approximate surface area is 212 Å². The summed E-state index contributed by atoms with van der Waals surface area (Å²) in [6.45, 7) is 0.559. The van der Waals surface area contributed by atoms with Gasteiger partial charge in [0.1, 0.15) is 26.5 Å². The summed E-state index contributed by atoms with van der Waals surface area (Å²) in [5, 5.41) is 3.48. The van der Waals surface area contributed by atoms with Crippen LogP contribution in [0.25, 0.3) is 5.52 Å². The molecule has 0 spiro atoms. The third kappa shape index (κ3) is 3.68. The number of carbonyl (C=O) groups excluding carboxylic acids is 1. The summed E-state index contributed by atoms with van der Waals surface area (Å²) in [5.41, 5.74) is 1.68. The maximum atomic E-state index is 12.4. The molecule has 3 saturated carbocycles. The molecule has 0 saturated heterocycles. The lowest BCUT2D eigenvalue weighted by Crippen LogP contribution is -2.49. The van der Waals surface area contributed by atoms with E-state index in [0.717, 1.165) is 76.4 Å². The zero-order chi connectivity index (χ0) is 23.9. The minimum Gasteiger partial charge on any atom is -0.497 e. The van der Waals surface area contributed by atoms with Crippen molar-refractivity contribution in [3.63, 3.8) is 0 Å². The Morgan fingerprint density at radius 3 is 2.50 bits per heavy atom. The molecule has 2 bridgehead atoms. The molecule has 0 amide bonds. The number of halogens is 1. The molecule has 8 nitrogen and oxygen atoms in total. The van der Waals surface area contributed by atoms with Gasteiger partial charge in [0.15, 0.2) is 5.82 Å². The zero-order valence-corrected chi connectivity index (χ0v) is 21.8. The van der Waals surface area contributed by atoms with Crippen molar-refractivity contribution in [1.29, 1.82) is 0 Å². The first kappa shape index (κ1) is 23.2. The summed E-state index contributed by atoms with van der Waals surface area (Å²) in [4.78, 5) is 22.1. The van der Waals surface area contributed by atoms with Gasteiger partial charge in [0.2, 0.25) is 0 Å². The number of fused-ring (bicyclic) bond motifs is 4. The fourth-order valence-corrected chi connectivity index (χ4v) is 6.47. The van der Waals surface area contributed by atoms with Crippen LogP contribution in [0, 0.1) is 9.12 Å². The summed E-state index contributed by atoms with van der Waals surface area (Å²) < 4.78 is 19.1. The van der Waals surface area contributed by atoms with Gasteiger partial charge in [0.25, 0.3) is 0 Å². The second kappa shape index (κ2) is 8.90. The van der Waals surface area contributed by atoms with Gasteiger partial charge < -0.3 is 19.5 Å². The highest BCUT2D eigenvalue weighted by molar-refractivity contribution is 14.1. The fourth-order valence-electron chi connectivity index (χ4n) is 5.72. The molecule has 1 aromatic carbocycles. The van der Waals surface area contributed by atoms with Crippen molar-refractivity contribution in [3.8, 4) is 11.5 Å². The van der Waals surface area contributed by atoms with E-state index in [1.54, 1.807) is 14.2 Å². The number of hydrogen-bond acceptors (Lipinski definition) is 7. The highest BCUT2D eigenvalue weighted by Crippen LogP contribution is 2.58. The normalized spacial score (nSPS) is 23.6. The van der Waals surface area contributed by atoms with Gasteiger partial charge in [-0.25, -0.2) is 9.97 Å². The zero-order valence-electron chi connectivity index (χ0n) is 19.7. The average Bonchev–Trinajstić information content (AvgIpc) is 3.25. The van der Waals surface area contributed by atoms with Crippen LogP contribution in [0.5, 0.6) is 11.5 Å². The third-order valence-corrected chi connectivity index (χ3v) is 8.54. The summed E-state index contributed by atoms with van der Waals surface area (Å²) in [6, 6.07) is 5.80. The number of nitrogens with one attached hydrogen (secondary N) is 1. The molecule has 3 fully saturated rings. The van der Waals surface area contributed by atoms with Gasteiger partial charge in [-0.3, -0.25) is 9.20 Å². The van der Waals surface area contributed by atoms with Crippen molar-refractivity contribution in [1.82, 2.24) is 14.4 Å². The van der Waals surface area contributed by atoms with Crippen LogP contribution in [0.1, 0.15) is 49.9 Å². The summed E-state index contributed by atoms with van der Waals surface area (Å²) in [6.07, 6.45) is 9.26. The van der Waals surface area contributed by atoms with Crippen LogP contribution in [0.2, 0.25) is 0 Å². The number of methoxy groups -OCH3 is 3. The van der Waals surface area contributed by atoms with E-state index in [-0.39, 0.29) is 16.8 Å². The monoisotopic (exact) mass is 576 g/mol. The van der Waals surface area contributed by atoms with E-state index in [1.807, 2.05) is 30.6 Å². The molecule has 3 aliphatic rings. The van der Waals surface area contributed by atoms with E-state index >= 15 is 0 Å². The molecule has 0 unspecified atom stereocenters. The van der Waals surface area contributed by atoms with Crippen molar-refractivity contribution in [2.75, 3.05) is 26.6 Å². The predicted octanol–water partition coefficient (Wildman–Crippen LogP) is 4.73. The van der Waals surface area contributed by atoms with Crippen LogP contribution < -0.4 is 14.8 Å². The van der Waals surface area contributed by atoms with Gasteiger partial charge in [-0.05, 0) is 73.2 Å². The Morgan fingerprint density at radius 1 is 1.12 bits per heavy atom. The van der Waals surface area contributed by atoms with Crippen LogP contribution in [0.15, 0.2) is 30.6 Å². The van der Waals surface area contributed by atoms with Crippen LogP contribution in [-0.4, -0.2) is 41.7 Å². The standard InChI is InChI=1S/C25H29IN4O4/c1-32-17-5-4-16(18(14-17)33-2)15-28-21-19-20(26)29-22(30(19)13-12-27-21)24-6-9-25(10-7-24,11-8-24)23(31)34-3/h4-5,12-14H,6-11,15H2,1-3H3,(H,27,28). The Hall–Kier alpha value is -2.56. The molecule has 0 atom stereocenters. The SMILES string of the molecule is COC(=O)C12CCC(c3nc(I)c4c(NCc5ccc(OC)cc5OC)nccn34)(CC1)CC2. The van der Waals surface area contributed by atoms with E-state index in [1.165, 1.54) is 7.11 Å². The summed E-state index contributed by atoms with van der Waals surface area (Å²) >= 11 is 2.31. The molecule has 3 aliphatic carbocycles. The summed E-state index contributed by atoms with van der Waals surface area (Å²) in [7, 11) is 4.80. The van der Waals surface area contributed by atoms with Crippen molar-refractivity contribution >= 4 is 39.9 Å². The van der Waals surface area contributed by atoms with Crippen LogP contribution >= 0.6 is 22.6 Å². The Bertz CT molecular complexity index is 1220. The fraction of sp³-hybridized carbons (Fsp3) is 0.480. The second-order valence-electron chi connectivity index (χ2n) is 9.30. The van der Waals surface area contributed by atoms with Crippen molar-refractivity contribution in [2.24, 2.45) is 5.41 Å². The Kier molecular flexibility index (Phi) is 6.07. The average molecular weight is 576 g/mol. The molecule has 6 rings (SSSR count). The highest BCUT2D eigenvalue weighted by atomic mass is 127. The maximum absolute atomic E-state index is 12.4. The first-order valence-electron chi connectivity index (χ1n) is 11.5. The van der Waals surface area contributed by atoms with E-state index in [2.05, 4.69) is 37.3 Å². The van der Waals surface area contributed by atoms with E-state index < -0.39 is 0 Å². The van der Waals surface area contributed by atoms with Crippen molar-refractivity contribution < 1.29 is 19.0 Å². The minimum atomic E-state index is -0.303. The number of aromatic nitrogens is 3. The Balaban J connectivity index is 1.44. The number of imidazole rings is 1. The molecule has 9 heteroatoms. The van der Waals surface area contributed by atoms with Crippen molar-refractivity contribution in [2.45, 2.75) is 50.5 Å². The highest BCUT2D eigenvalue weighted by Gasteiger charge is 2.55. The van der Waals surface area contributed by atoms with Gasteiger partial charge in [0, 0.05) is 36.0 Å². The topological polar surface area (TPSA) is 87.0 Å². The third-order valence-electron chi connectivity index (χ3n) is 7.79. The van der Waals surface area contributed by atoms with Gasteiger partial charge in [0.05, 0.1) is 26.7 Å². The Morgan fingerprint density at radius 2 is 1.85 bits per heavy atom. The van der Waals surface area contributed by atoms with Gasteiger partial charge in [-0.1, -0.05) is 0 Å². The number of esters is 1. The maximum Gasteiger partial charge on any atom is 0.311 e. The number of carbonyl (C=O) groups is 1. The van der Waals surface area contributed by atoms with Gasteiger partial charge in [-0.15, -0.1) is 0 Å². The van der Waals surface area contributed by atoms with Gasteiger partial charge in [-0.2, -0.15) is 0 Å². The smallest absolute Gasteiger partial charge is 0.311 e.